The van der Waals surface area contributed by atoms with Crippen molar-refractivity contribution in [3.05, 3.63) is 35.4 Å². The van der Waals surface area contributed by atoms with Crippen LogP contribution < -0.4 is 0 Å². The molecule has 0 saturated carbocycles. The maximum atomic E-state index is 11.7. The van der Waals surface area contributed by atoms with E-state index < -0.39 is 9.84 Å². The van der Waals surface area contributed by atoms with Crippen LogP contribution >= 0.6 is 0 Å². The maximum Gasteiger partial charge on any atom is 0.154 e. The van der Waals surface area contributed by atoms with Crippen LogP contribution in [0.25, 0.3) is 0 Å². The largest absolute Gasteiger partial charge is 0.396 e. The minimum atomic E-state index is -3.11. The molecule has 1 aromatic carbocycles. The molecule has 0 aliphatic rings. The summed E-state index contributed by atoms with van der Waals surface area (Å²) in [5.74, 6) is 0.0992. The van der Waals surface area contributed by atoms with Crippen molar-refractivity contribution >= 4 is 9.84 Å². The van der Waals surface area contributed by atoms with Gasteiger partial charge in [-0.3, -0.25) is 0 Å². The molecule has 4 heteroatoms. The summed E-state index contributed by atoms with van der Waals surface area (Å²) in [4.78, 5) is 0. The van der Waals surface area contributed by atoms with Gasteiger partial charge in [0.25, 0.3) is 0 Å². The van der Waals surface area contributed by atoms with E-state index in [1.807, 2.05) is 24.3 Å². The van der Waals surface area contributed by atoms with Gasteiger partial charge in [0, 0.05) is 6.61 Å². The van der Waals surface area contributed by atoms with Crippen molar-refractivity contribution in [3.63, 3.8) is 0 Å². The molecular weight excluding hydrogens is 248 g/mol. The fraction of sp³-hybridized carbons (Fsp3) is 0.571. The Morgan fingerprint density at radius 1 is 1.11 bits per heavy atom. The monoisotopic (exact) mass is 270 g/mol. The van der Waals surface area contributed by atoms with Crippen molar-refractivity contribution in [3.8, 4) is 0 Å². The lowest BCUT2D eigenvalue weighted by atomic mass is 9.87. The van der Waals surface area contributed by atoms with Crippen molar-refractivity contribution in [1.29, 1.82) is 0 Å². The SMILES string of the molecule is CC(C)(C)c1ccc(CS(=O)(=O)CCCO)cc1. The summed E-state index contributed by atoms with van der Waals surface area (Å²) in [6.07, 6.45) is 0.308. The Labute approximate surface area is 110 Å². The van der Waals surface area contributed by atoms with Crippen LogP contribution in [0, 0.1) is 0 Å². The first-order valence-corrected chi connectivity index (χ1v) is 7.97. The summed E-state index contributed by atoms with van der Waals surface area (Å²) in [6, 6.07) is 7.71. The van der Waals surface area contributed by atoms with Gasteiger partial charge in [-0.2, -0.15) is 0 Å². The van der Waals surface area contributed by atoms with E-state index >= 15 is 0 Å². The summed E-state index contributed by atoms with van der Waals surface area (Å²) in [6.45, 7) is 6.29. The molecule has 0 spiro atoms. The van der Waals surface area contributed by atoms with Gasteiger partial charge in [0.15, 0.2) is 9.84 Å². The summed E-state index contributed by atoms with van der Waals surface area (Å²) in [7, 11) is -3.11. The smallest absolute Gasteiger partial charge is 0.154 e. The molecule has 0 fully saturated rings. The molecule has 1 aromatic rings. The van der Waals surface area contributed by atoms with Crippen molar-refractivity contribution < 1.29 is 13.5 Å². The first-order valence-electron chi connectivity index (χ1n) is 6.15. The van der Waals surface area contributed by atoms with E-state index in [0.717, 1.165) is 5.56 Å². The second-order valence-electron chi connectivity index (χ2n) is 5.62. The zero-order valence-corrected chi connectivity index (χ0v) is 12.1. The molecule has 0 bridgehead atoms. The fourth-order valence-corrected chi connectivity index (χ4v) is 3.13. The van der Waals surface area contributed by atoms with Crippen LogP contribution in [-0.4, -0.2) is 25.9 Å². The zero-order chi connectivity index (χ0) is 13.8. The zero-order valence-electron chi connectivity index (χ0n) is 11.3. The van der Waals surface area contributed by atoms with Crippen molar-refractivity contribution in [1.82, 2.24) is 0 Å². The number of aliphatic hydroxyl groups is 1. The normalized spacial score (nSPS) is 12.7. The van der Waals surface area contributed by atoms with Gasteiger partial charge in [-0.15, -0.1) is 0 Å². The van der Waals surface area contributed by atoms with Gasteiger partial charge in [-0.1, -0.05) is 45.0 Å². The Balaban J connectivity index is 2.75. The van der Waals surface area contributed by atoms with Gasteiger partial charge in [-0.05, 0) is 23.0 Å². The van der Waals surface area contributed by atoms with Gasteiger partial charge < -0.3 is 5.11 Å². The van der Waals surface area contributed by atoms with E-state index in [4.69, 9.17) is 5.11 Å². The molecule has 1 N–H and O–H groups in total. The second kappa shape index (κ2) is 5.85. The van der Waals surface area contributed by atoms with Crippen molar-refractivity contribution in [2.45, 2.75) is 38.4 Å². The molecule has 0 amide bonds. The highest BCUT2D eigenvalue weighted by Crippen LogP contribution is 2.22. The average molecular weight is 270 g/mol. The number of aliphatic hydroxyl groups excluding tert-OH is 1. The first kappa shape index (κ1) is 15.2. The van der Waals surface area contributed by atoms with E-state index in [1.54, 1.807) is 0 Å². The molecule has 0 aliphatic heterocycles. The fourth-order valence-electron chi connectivity index (χ4n) is 1.71. The highest BCUT2D eigenvalue weighted by atomic mass is 32.2. The van der Waals surface area contributed by atoms with E-state index in [-0.39, 0.29) is 23.5 Å². The van der Waals surface area contributed by atoms with Gasteiger partial charge in [0.2, 0.25) is 0 Å². The first-order chi connectivity index (χ1) is 8.24. The Kier molecular flexibility index (Phi) is 4.93. The Morgan fingerprint density at radius 3 is 2.11 bits per heavy atom. The third-order valence-electron chi connectivity index (χ3n) is 2.82. The number of rotatable bonds is 5. The molecular formula is C14H22O3S. The molecule has 0 aromatic heterocycles. The molecule has 0 heterocycles. The van der Waals surface area contributed by atoms with Crippen LogP contribution in [-0.2, 0) is 21.0 Å². The minimum Gasteiger partial charge on any atom is -0.396 e. The lowest BCUT2D eigenvalue weighted by molar-refractivity contribution is 0.295. The molecule has 18 heavy (non-hydrogen) atoms. The number of sulfone groups is 1. The predicted molar refractivity (Wildman–Crippen MR) is 74.3 cm³/mol. The van der Waals surface area contributed by atoms with E-state index in [0.29, 0.717) is 6.42 Å². The van der Waals surface area contributed by atoms with Gasteiger partial charge in [0.05, 0.1) is 11.5 Å². The minimum absolute atomic E-state index is 0.0462. The Bertz CT molecular complexity index is 467. The molecule has 1 rings (SSSR count). The third-order valence-corrected chi connectivity index (χ3v) is 4.50. The second-order valence-corrected chi connectivity index (χ2v) is 7.80. The van der Waals surface area contributed by atoms with Crippen LogP contribution in [0.15, 0.2) is 24.3 Å². The highest BCUT2D eigenvalue weighted by Gasteiger charge is 2.15. The standard InChI is InChI=1S/C14H22O3S/c1-14(2,3)13-7-5-12(6-8-13)11-18(16,17)10-4-9-15/h5-8,15H,4,9-11H2,1-3H3. The predicted octanol–water partition coefficient (Wildman–Crippen LogP) is 2.28. The Morgan fingerprint density at radius 2 is 1.67 bits per heavy atom. The topological polar surface area (TPSA) is 54.4 Å². The van der Waals surface area contributed by atoms with Gasteiger partial charge in [0.1, 0.15) is 0 Å². The Hall–Kier alpha value is -0.870. The molecule has 0 saturated heterocycles. The molecule has 102 valence electrons. The van der Waals surface area contributed by atoms with Crippen LogP contribution in [0.2, 0.25) is 0 Å². The van der Waals surface area contributed by atoms with E-state index in [9.17, 15) is 8.42 Å². The number of hydrogen-bond acceptors (Lipinski definition) is 3. The van der Waals surface area contributed by atoms with Crippen molar-refractivity contribution in [2.75, 3.05) is 12.4 Å². The van der Waals surface area contributed by atoms with Crippen LogP contribution in [0.3, 0.4) is 0 Å². The van der Waals surface area contributed by atoms with Crippen molar-refractivity contribution in [2.24, 2.45) is 0 Å². The van der Waals surface area contributed by atoms with Crippen LogP contribution in [0.5, 0.6) is 0 Å². The molecule has 0 atom stereocenters. The maximum absolute atomic E-state index is 11.7. The average Bonchev–Trinajstić information content (AvgIpc) is 2.25. The molecule has 3 nitrogen and oxygen atoms in total. The lowest BCUT2D eigenvalue weighted by Crippen LogP contribution is -2.12. The number of hydrogen-bond donors (Lipinski definition) is 1. The number of benzene rings is 1. The quantitative estimate of drug-likeness (QED) is 0.893. The molecule has 0 aliphatic carbocycles. The van der Waals surface area contributed by atoms with E-state index in [1.165, 1.54) is 5.56 Å². The molecule has 0 unspecified atom stereocenters. The van der Waals surface area contributed by atoms with E-state index in [2.05, 4.69) is 20.8 Å². The van der Waals surface area contributed by atoms with Crippen LogP contribution in [0.1, 0.15) is 38.3 Å². The summed E-state index contributed by atoms with van der Waals surface area (Å²) in [5.41, 5.74) is 2.08. The summed E-state index contributed by atoms with van der Waals surface area (Å²) < 4.78 is 23.5. The van der Waals surface area contributed by atoms with Crippen LogP contribution in [0.4, 0.5) is 0 Å². The summed E-state index contributed by atoms with van der Waals surface area (Å²) >= 11 is 0. The summed E-state index contributed by atoms with van der Waals surface area (Å²) in [5, 5.41) is 8.66. The highest BCUT2D eigenvalue weighted by molar-refractivity contribution is 7.90. The molecule has 0 radical (unpaired) electrons. The van der Waals surface area contributed by atoms with Gasteiger partial charge in [-0.25, -0.2) is 8.42 Å². The van der Waals surface area contributed by atoms with Gasteiger partial charge >= 0.3 is 0 Å². The third kappa shape index (κ3) is 4.78. The lowest BCUT2D eigenvalue weighted by Gasteiger charge is -2.19.